The molecule has 48 heavy (non-hydrogen) atoms. The van der Waals surface area contributed by atoms with Gasteiger partial charge in [0.1, 0.15) is 0 Å². The van der Waals surface area contributed by atoms with Gasteiger partial charge in [-0.25, -0.2) is 0 Å². The maximum absolute atomic E-state index is 2.45. The smallest absolute Gasteiger partial charge is 0.00199 e. The van der Waals surface area contributed by atoms with Crippen molar-refractivity contribution in [2.45, 2.75) is 0 Å². The Bertz CT molecular complexity index is 2860. The quantitative estimate of drug-likeness (QED) is 0.176. The summed E-state index contributed by atoms with van der Waals surface area (Å²) in [5.41, 5.74) is 7.51. The van der Waals surface area contributed by atoms with Gasteiger partial charge in [0.25, 0.3) is 0 Å². The van der Waals surface area contributed by atoms with Crippen molar-refractivity contribution in [3.63, 3.8) is 0 Å². The summed E-state index contributed by atoms with van der Waals surface area (Å²) in [5, 5.41) is 15.4. The summed E-state index contributed by atoms with van der Waals surface area (Å²) in [6.45, 7) is 0. The molecular formula is C48H30. The number of hydrogen-bond donors (Lipinski definition) is 0. The van der Waals surface area contributed by atoms with E-state index in [1.54, 1.807) is 0 Å². The number of benzene rings is 10. The molecule has 10 aromatic carbocycles. The van der Waals surface area contributed by atoms with Gasteiger partial charge in [0.2, 0.25) is 0 Å². The van der Waals surface area contributed by atoms with Crippen LogP contribution in [0.5, 0.6) is 0 Å². The van der Waals surface area contributed by atoms with Crippen LogP contribution in [0.15, 0.2) is 182 Å². The standard InChI is InChI=1S/C48H30/c1-3-15-36-32(11-1)13-9-21-37(36)34-25-23-31(24-26-34)35-27-28-44-45(29-35)40-17-5-6-18-41(40)47-30-46(42-19-7-8-20-43(42)48(44)47)39-22-10-14-33-12-2-4-16-38(33)39/h1-30H. The molecule has 0 fully saturated rings. The first-order valence-corrected chi connectivity index (χ1v) is 16.7. The molecule has 0 bridgehead atoms. The second-order valence-electron chi connectivity index (χ2n) is 12.8. The van der Waals surface area contributed by atoms with Crippen LogP contribution in [-0.4, -0.2) is 0 Å². The molecule has 0 saturated carbocycles. The first-order chi connectivity index (χ1) is 23.8. The van der Waals surface area contributed by atoms with Crippen molar-refractivity contribution >= 4 is 64.6 Å². The molecule has 0 atom stereocenters. The topological polar surface area (TPSA) is 0 Å². The van der Waals surface area contributed by atoms with Crippen LogP contribution in [0, 0.1) is 0 Å². The SMILES string of the molecule is c1ccc2c(-c3ccc(-c4ccc5c(c4)c4ccccc4c4cc(-c6cccc7ccccc67)c6ccccc6c54)cc3)cccc2c1. The lowest BCUT2D eigenvalue weighted by Gasteiger charge is -2.17. The molecule has 222 valence electrons. The molecule has 0 aliphatic carbocycles. The van der Waals surface area contributed by atoms with Gasteiger partial charge in [-0.2, -0.15) is 0 Å². The van der Waals surface area contributed by atoms with E-state index >= 15 is 0 Å². The molecule has 0 N–H and O–H groups in total. The third-order valence-corrected chi connectivity index (χ3v) is 10.2. The highest BCUT2D eigenvalue weighted by Crippen LogP contribution is 2.44. The van der Waals surface area contributed by atoms with Crippen molar-refractivity contribution in [2.75, 3.05) is 0 Å². The molecule has 10 rings (SSSR count). The van der Waals surface area contributed by atoms with Crippen LogP contribution in [0.2, 0.25) is 0 Å². The van der Waals surface area contributed by atoms with Crippen LogP contribution in [0.25, 0.3) is 98.0 Å². The van der Waals surface area contributed by atoms with Gasteiger partial charge in [0.15, 0.2) is 0 Å². The highest BCUT2D eigenvalue weighted by molar-refractivity contribution is 6.33. The molecule has 0 aliphatic heterocycles. The second kappa shape index (κ2) is 10.7. The Morgan fingerprint density at radius 2 is 0.688 bits per heavy atom. The molecule has 0 aliphatic rings. The third-order valence-electron chi connectivity index (χ3n) is 10.2. The molecule has 0 radical (unpaired) electrons. The lowest BCUT2D eigenvalue weighted by Crippen LogP contribution is -1.90. The van der Waals surface area contributed by atoms with Crippen molar-refractivity contribution < 1.29 is 0 Å². The highest BCUT2D eigenvalue weighted by Gasteiger charge is 2.17. The van der Waals surface area contributed by atoms with Crippen LogP contribution in [0.4, 0.5) is 0 Å². The first kappa shape index (κ1) is 26.9. The van der Waals surface area contributed by atoms with E-state index in [0.29, 0.717) is 0 Å². The summed E-state index contributed by atoms with van der Waals surface area (Å²) < 4.78 is 0. The Kier molecular flexibility index (Phi) is 5.98. The Balaban J connectivity index is 1.20. The van der Waals surface area contributed by atoms with E-state index in [2.05, 4.69) is 182 Å². The maximum atomic E-state index is 2.45. The van der Waals surface area contributed by atoms with E-state index in [9.17, 15) is 0 Å². The van der Waals surface area contributed by atoms with Crippen LogP contribution in [0.3, 0.4) is 0 Å². The summed E-state index contributed by atoms with van der Waals surface area (Å²) >= 11 is 0. The van der Waals surface area contributed by atoms with E-state index in [1.807, 2.05) is 0 Å². The van der Waals surface area contributed by atoms with Gasteiger partial charge in [-0.1, -0.05) is 170 Å². The third kappa shape index (κ3) is 4.10. The number of hydrogen-bond acceptors (Lipinski definition) is 0. The molecule has 0 heteroatoms. The van der Waals surface area contributed by atoms with Crippen LogP contribution in [-0.2, 0) is 0 Å². The lowest BCUT2D eigenvalue weighted by atomic mass is 9.86. The first-order valence-electron chi connectivity index (χ1n) is 16.7. The predicted molar refractivity (Wildman–Crippen MR) is 208 cm³/mol. The van der Waals surface area contributed by atoms with Crippen molar-refractivity contribution in [1.82, 2.24) is 0 Å². The van der Waals surface area contributed by atoms with E-state index < -0.39 is 0 Å². The van der Waals surface area contributed by atoms with Crippen molar-refractivity contribution in [2.24, 2.45) is 0 Å². The second-order valence-corrected chi connectivity index (χ2v) is 12.8. The van der Waals surface area contributed by atoms with Crippen molar-refractivity contribution in [1.29, 1.82) is 0 Å². The van der Waals surface area contributed by atoms with E-state index in [1.165, 1.54) is 98.0 Å². The fraction of sp³-hybridized carbons (Fsp3) is 0. The molecular weight excluding hydrogens is 577 g/mol. The van der Waals surface area contributed by atoms with Crippen molar-refractivity contribution in [3.05, 3.63) is 182 Å². The average Bonchev–Trinajstić information content (AvgIpc) is 3.17. The molecule has 10 aromatic rings. The van der Waals surface area contributed by atoms with Gasteiger partial charge in [0, 0.05) is 0 Å². The Labute approximate surface area is 279 Å². The van der Waals surface area contributed by atoms with Gasteiger partial charge >= 0.3 is 0 Å². The molecule has 0 unspecified atom stereocenters. The zero-order valence-electron chi connectivity index (χ0n) is 26.3. The van der Waals surface area contributed by atoms with Gasteiger partial charge in [-0.05, 0) is 110 Å². The van der Waals surface area contributed by atoms with Gasteiger partial charge in [0.05, 0.1) is 0 Å². The molecule has 0 amide bonds. The van der Waals surface area contributed by atoms with Crippen LogP contribution in [0.1, 0.15) is 0 Å². The summed E-state index contributed by atoms with van der Waals surface area (Å²) in [6.07, 6.45) is 0. The van der Waals surface area contributed by atoms with Crippen molar-refractivity contribution in [3.8, 4) is 33.4 Å². The zero-order chi connectivity index (χ0) is 31.6. The molecule has 0 nitrogen and oxygen atoms in total. The summed E-state index contributed by atoms with van der Waals surface area (Å²) in [7, 11) is 0. The Morgan fingerprint density at radius 1 is 0.208 bits per heavy atom. The fourth-order valence-electron chi connectivity index (χ4n) is 8.00. The highest BCUT2D eigenvalue weighted by atomic mass is 14.2. The minimum absolute atomic E-state index is 1.22. The van der Waals surface area contributed by atoms with Gasteiger partial charge in [-0.15, -0.1) is 0 Å². The Morgan fingerprint density at radius 3 is 1.40 bits per heavy atom. The van der Waals surface area contributed by atoms with Gasteiger partial charge in [-0.3, -0.25) is 0 Å². The molecule has 0 heterocycles. The monoisotopic (exact) mass is 606 g/mol. The predicted octanol–water partition coefficient (Wildman–Crippen LogP) is 13.6. The number of fused-ring (bicyclic) bond motifs is 10. The Hall–Kier alpha value is -6.24. The van der Waals surface area contributed by atoms with E-state index in [4.69, 9.17) is 0 Å². The van der Waals surface area contributed by atoms with Crippen LogP contribution >= 0.6 is 0 Å². The fourth-order valence-corrected chi connectivity index (χ4v) is 8.00. The largest absolute Gasteiger partial charge is 0.0616 e. The minimum atomic E-state index is 1.22. The average molecular weight is 607 g/mol. The normalized spacial score (nSPS) is 11.8. The van der Waals surface area contributed by atoms with Crippen LogP contribution < -0.4 is 0 Å². The molecule has 0 saturated heterocycles. The molecule has 0 spiro atoms. The maximum Gasteiger partial charge on any atom is -0.00199 e. The lowest BCUT2D eigenvalue weighted by molar-refractivity contribution is 1.62. The number of rotatable bonds is 3. The summed E-state index contributed by atoms with van der Waals surface area (Å²) in [6, 6.07) is 67.0. The van der Waals surface area contributed by atoms with E-state index in [-0.39, 0.29) is 0 Å². The zero-order valence-corrected chi connectivity index (χ0v) is 26.3. The summed E-state index contributed by atoms with van der Waals surface area (Å²) in [5.74, 6) is 0. The van der Waals surface area contributed by atoms with Gasteiger partial charge < -0.3 is 0 Å². The summed E-state index contributed by atoms with van der Waals surface area (Å²) in [4.78, 5) is 0. The minimum Gasteiger partial charge on any atom is -0.0616 e. The van der Waals surface area contributed by atoms with E-state index in [0.717, 1.165) is 0 Å². The molecule has 0 aromatic heterocycles.